The molecule has 0 saturated heterocycles. The van der Waals surface area contributed by atoms with Crippen LogP contribution in [0.15, 0.2) is 47.1 Å². The van der Waals surface area contributed by atoms with Crippen LogP contribution in [-0.4, -0.2) is 35.5 Å². The van der Waals surface area contributed by atoms with Gasteiger partial charge in [-0.2, -0.15) is 0 Å². The third kappa shape index (κ3) is 5.47. The van der Waals surface area contributed by atoms with Crippen molar-refractivity contribution in [2.24, 2.45) is 0 Å². The number of para-hydroxylation sites is 1. The highest BCUT2D eigenvalue weighted by atomic mass is 16.3. The summed E-state index contributed by atoms with van der Waals surface area (Å²) in [6.07, 6.45) is 0.734. The smallest absolute Gasteiger partial charge is 0.313 e. The van der Waals surface area contributed by atoms with Crippen molar-refractivity contribution in [3.63, 3.8) is 0 Å². The minimum atomic E-state index is -0.924. The average Bonchev–Trinajstić information content (AvgIpc) is 3.11. The molecule has 0 spiro atoms. The molecule has 4 N–H and O–H groups in total. The molecule has 0 bridgehead atoms. The predicted octanol–water partition coefficient (Wildman–Crippen LogP) is 0.645. The van der Waals surface area contributed by atoms with Gasteiger partial charge in [-0.15, -0.1) is 0 Å². The molecule has 0 radical (unpaired) electrons. The molecule has 1 aromatic heterocycles. The summed E-state index contributed by atoms with van der Waals surface area (Å²) in [5.74, 6) is -1.65. The van der Waals surface area contributed by atoms with Crippen LogP contribution in [0.2, 0.25) is 0 Å². The lowest BCUT2D eigenvalue weighted by molar-refractivity contribution is -0.136. The molecule has 132 valence electrons. The molecule has 1 aromatic carbocycles. The van der Waals surface area contributed by atoms with Gasteiger partial charge >= 0.3 is 11.8 Å². The first kappa shape index (κ1) is 18.2. The number of aliphatic hydroxyl groups is 1. The number of benzene rings is 1. The van der Waals surface area contributed by atoms with E-state index in [1.165, 1.54) is 25.3 Å². The van der Waals surface area contributed by atoms with E-state index in [4.69, 9.17) is 9.52 Å². The second kappa shape index (κ2) is 8.65. The summed E-state index contributed by atoms with van der Waals surface area (Å²) < 4.78 is 5.13. The van der Waals surface area contributed by atoms with Gasteiger partial charge in [0.25, 0.3) is 5.91 Å². The fraction of sp³-hybridized carbons (Fsp3) is 0.235. The molecular weight excluding hydrogens is 326 g/mol. The summed E-state index contributed by atoms with van der Waals surface area (Å²) in [6.45, 7) is 1.64. The highest BCUT2D eigenvalue weighted by Gasteiger charge is 2.18. The number of hydrogen-bond donors (Lipinski definition) is 4. The zero-order valence-corrected chi connectivity index (χ0v) is 13.6. The number of furan rings is 1. The minimum absolute atomic E-state index is 0.0441. The van der Waals surface area contributed by atoms with E-state index in [1.807, 2.05) is 0 Å². The minimum Gasteiger partial charge on any atom is -0.467 e. The third-order valence-electron chi connectivity index (χ3n) is 3.19. The topological polar surface area (TPSA) is 121 Å². The van der Waals surface area contributed by atoms with Crippen LogP contribution in [0.3, 0.4) is 0 Å². The fourth-order valence-electron chi connectivity index (χ4n) is 1.97. The molecule has 0 unspecified atom stereocenters. The van der Waals surface area contributed by atoms with Crippen molar-refractivity contribution in [1.82, 2.24) is 10.6 Å². The first-order chi connectivity index (χ1) is 12.0. The molecule has 0 saturated carbocycles. The van der Waals surface area contributed by atoms with Gasteiger partial charge in [0, 0.05) is 6.54 Å². The number of carbonyl (C=O) groups excluding carboxylic acids is 3. The predicted molar refractivity (Wildman–Crippen MR) is 89.6 cm³/mol. The molecule has 1 atom stereocenters. The van der Waals surface area contributed by atoms with Crippen molar-refractivity contribution >= 4 is 23.4 Å². The number of amides is 3. The number of rotatable bonds is 6. The van der Waals surface area contributed by atoms with Crippen LogP contribution in [0.5, 0.6) is 0 Å². The van der Waals surface area contributed by atoms with E-state index in [0.29, 0.717) is 5.76 Å². The highest BCUT2D eigenvalue weighted by Crippen LogP contribution is 2.15. The number of anilines is 1. The lowest BCUT2D eigenvalue weighted by Gasteiger charge is -2.11. The fourth-order valence-corrected chi connectivity index (χ4v) is 1.97. The molecule has 0 aliphatic heterocycles. The van der Waals surface area contributed by atoms with Crippen LogP contribution in [0.1, 0.15) is 23.0 Å². The van der Waals surface area contributed by atoms with Gasteiger partial charge in [0.1, 0.15) is 5.76 Å². The molecule has 0 aliphatic carbocycles. The molecule has 3 amide bonds. The van der Waals surface area contributed by atoms with E-state index in [9.17, 15) is 14.4 Å². The summed E-state index contributed by atoms with van der Waals surface area (Å²) in [7, 11) is 0. The molecule has 1 heterocycles. The Morgan fingerprint density at radius 1 is 1.08 bits per heavy atom. The van der Waals surface area contributed by atoms with Crippen molar-refractivity contribution in [3.05, 3.63) is 54.0 Å². The Kier molecular flexibility index (Phi) is 6.30. The van der Waals surface area contributed by atoms with Gasteiger partial charge in [0.05, 0.1) is 30.2 Å². The van der Waals surface area contributed by atoms with E-state index in [1.54, 1.807) is 24.3 Å². The Labute approximate surface area is 144 Å². The zero-order valence-electron chi connectivity index (χ0n) is 13.6. The summed E-state index contributed by atoms with van der Waals surface area (Å²) in [5.41, 5.74) is 0.419. The lowest BCUT2D eigenvalue weighted by Crippen LogP contribution is -2.39. The van der Waals surface area contributed by atoms with Crippen LogP contribution in [0.4, 0.5) is 5.69 Å². The van der Waals surface area contributed by atoms with Crippen molar-refractivity contribution in [2.75, 3.05) is 11.9 Å². The normalized spacial score (nSPS) is 11.4. The van der Waals surface area contributed by atoms with Gasteiger partial charge in [0.2, 0.25) is 0 Å². The standard InChI is InChI=1S/C17H19N3O5/c1-11(21)9-18-16(23)17(24)20-14-7-3-2-6-13(14)15(22)19-10-12-5-4-8-25-12/h2-8,11,21H,9-10H2,1H3,(H,18,23)(H,19,22)(H,20,24)/t11-/m0/s1. The molecule has 2 aromatic rings. The Balaban J connectivity index is 2.00. The lowest BCUT2D eigenvalue weighted by atomic mass is 10.1. The van der Waals surface area contributed by atoms with E-state index >= 15 is 0 Å². The zero-order chi connectivity index (χ0) is 18.2. The Morgan fingerprint density at radius 2 is 1.84 bits per heavy atom. The van der Waals surface area contributed by atoms with Crippen LogP contribution in [-0.2, 0) is 16.1 Å². The maximum Gasteiger partial charge on any atom is 0.313 e. The summed E-state index contributed by atoms with van der Waals surface area (Å²) in [4.78, 5) is 35.8. The van der Waals surface area contributed by atoms with Crippen molar-refractivity contribution in [1.29, 1.82) is 0 Å². The largest absolute Gasteiger partial charge is 0.467 e. The van der Waals surface area contributed by atoms with E-state index in [0.717, 1.165) is 0 Å². The summed E-state index contributed by atoms with van der Waals surface area (Å²) >= 11 is 0. The second-order valence-corrected chi connectivity index (χ2v) is 5.32. The molecule has 0 fully saturated rings. The molecule has 0 aliphatic rings. The SMILES string of the molecule is C[C@H](O)CNC(=O)C(=O)Nc1ccccc1C(=O)NCc1ccco1. The molecular formula is C17H19N3O5. The van der Waals surface area contributed by atoms with Crippen molar-refractivity contribution in [2.45, 2.75) is 19.6 Å². The molecule has 8 heteroatoms. The van der Waals surface area contributed by atoms with Crippen LogP contribution < -0.4 is 16.0 Å². The van der Waals surface area contributed by atoms with Gasteiger partial charge in [0.15, 0.2) is 0 Å². The van der Waals surface area contributed by atoms with E-state index in [-0.39, 0.29) is 24.3 Å². The highest BCUT2D eigenvalue weighted by molar-refractivity contribution is 6.40. The molecule has 25 heavy (non-hydrogen) atoms. The van der Waals surface area contributed by atoms with Crippen LogP contribution in [0.25, 0.3) is 0 Å². The second-order valence-electron chi connectivity index (χ2n) is 5.32. The number of nitrogens with one attached hydrogen (secondary N) is 3. The number of hydrogen-bond acceptors (Lipinski definition) is 5. The molecule has 8 nitrogen and oxygen atoms in total. The van der Waals surface area contributed by atoms with Gasteiger partial charge in [-0.3, -0.25) is 14.4 Å². The Bertz CT molecular complexity index is 741. The van der Waals surface area contributed by atoms with Gasteiger partial charge in [-0.05, 0) is 31.2 Å². The third-order valence-corrected chi connectivity index (χ3v) is 3.19. The van der Waals surface area contributed by atoms with Gasteiger partial charge < -0.3 is 25.5 Å². The monoisotopic (exact) mass is 345 g/mol. The van der Waals surface area contributed by atoms with Crippen molar-refractivity contribution < 1.29 is 23.9 Å². The van der Waals surface area contributed by atoms with Gasteiger partial charge in [-0.1, -0.05) is 12.1 Å². The van der Waals surface area contributed by atoms with Gasteiger partial charge in [-0.25, -0.2) is 0 Å². The quantitative estimate of drug-likeness (QED) is 0.573. The maximum atomic E-state index is 12.3. The summed E-state index contributed by atoms with van der Waals surface area (Å²) in [6, 6.07) is 9.75. The van der Waals surface area contributed by atoms with Crippen LogP contribution in [0, 0.1) is 0 Å². The van der Waals surface area contributed by atoms with Crippen molar-refractivity contribution in [3.8, 4) is 0 Å². The maximum absolute atomic E-state index is 12.3. The number of aliphatic hydroxyl groups excluding tert-OH is 1. The van der Waals surface area contributed by atoms with E-state index in [2.05, 4.69) is 16.0 Å². The van der Waals surface area contributed by atoms with E-state index < -0.39 is 23.8 Å². The Hall–Kier alpha value is -3.13. The number of carbonyl (C=O) groups is 3. The van der Waals surface area contributed by atoms with Crippen LogP contribution >= 0.6 is 0 Å². The first-order valence-electron chi connectivity index (χ1n) is 7.64. The Morgan fingerprint density at radius 3 is 2.52 bits per heavy atom. The average molecular weight is 345 g/mol. The molecule has 2 rings (SSSR count). The summed E-state index contributed by atoms with van der Waals surface area (Å²) in [5, 5.41) is 16.5. The first-order valence-corrected chi connectivity index (χ1v) is 7.64.